The first-order valence-corrected chi connectivity index (χ1v) is 12.7. The van der Waals surface area contributed by atoms with E-state index in [-0.39, 0.29) is 24.0 Å². The third kappa shape index (κ3) is 2.63. The lowest BCUT2D eigenvalue weighted by Gasteiger charge is -2.63. The van der Waals surface area contributed by atoms with Gasteiger partial charge < -0.3 is 20.1 Å². The number of hydrogen-bond donors (Lipinski definition) is 3. The number of ketones is 1. The molecule has 3 N–H and O–H groups in total. The number of aliphatic hydroxyl groups is 3. The number of carbonyl (C=O) groups excluding carboxylic acids is 2. The quantitative estimate of drug-likeness (QED) is 0.421. The van der Waals surface area contributed by atoms with Gasteiger partial charge in [0.05, 0.1) is 11.0 Å². The van der Waals surface area contributed by atoms with E-state index in [2.05, 4.69) is 6.08 Å². The zero-order valence-corrected chi connectivity index (χ0v) is 21.0. The first-order chi connectivity index (χ1) is 15.7. The van der Waals surface area contributed by atoms with Gasteiger partial charge in [0.25, 0.3) is 0 Å². The van der Waals surface area contributed by atoms with Crippen LogP contribution in [0.3, 0.4) is 0 Å². The molecule has 8 atom stereocenters. The largest absolute Gasteiger partial charge is 0.455 e. The Hall–Kier alpha value is -1.76. The van der Waals surface area contributed by atoms with Crippen molar-refractivity contribution in [2.45, 2.75) is 102 Å². The van der Waals surface area contributed by atoms with Crippen molar-refractivity contribution in [1.29, 1.82) is 0 Å². The van der Waals surface area contributed by atoms with Gasteiger partial charge >= 0.3 is 5.97 Å². The average Bonchev–Trinajstić information content (AvgIpc) is 3.00. The van der Waals surface area contributed by atoms with Crippen molar-refractivity contribution in [1.82, 2.24) is 0 Å². The molecule has 2 saturated carbocycles. The van der Waals surface area contributed by atoms with Crippen molar-refractivity contribution in [3.63, 3.8) is 0 Å². The molecule has 5 rings (SSSR count). The van der Waals surface area contributed by atoms with E-state index in [4.69, 9.17) is 4.74 Å². The van der Waals surface area contributed by atoms with Crippen molar-refractivity contribution < 1.29 is 29.6 Å². The molecule has 0 spiro atoms. The van der Waals surface area contributed by atoms with Crippen LogP contribution < -0.4 is 0 Å². The standard InChI is InChI=1S/C28H38O6/c1-16-15-22(34-23(30)17(16)2)26(5,31)28(33)14-13-27(32)20-10-9-18-7-6-8-21(29)25(18,4)19(20)11-12-24(27,28)3/h6,8-9,19-20,22,31-33H,7,10-15H2,1-5H3/t19-,20+,22+,24-,25-,26-,27-,28+/m0/s1. The van der Waals surface area contributed by atoms with E-state index in [9.17, 15) is 24.9 Å². The topological polar surface area (TPSA) is 104 Å². The summed E-state index contributed by atoms with van der Waals surface area (Å²) < 4.78 is 5.63. The van der Waals surface area contributed by atoms with E-state index in [1.54, 1.807) is 19.9 Å². The maximum atomic E-state index is 13.1. The molecule has 6 nitrogen and oxygen atoms in total. The Morgan fingerprint density at radius 2 is 1.79 bits per heavy atom. The molecule has 34 heavy (non-hydrogen) atoms. The van der Waals surface area contributed by atoms with Gasteiger partial charge in [-0.25, -0.2) is 4.79 Å². The fourth-order valence-corrected chi connectivity index (χ4v) is 8.41. The predicted molar refractivity (Wildman–Crippen MR) is 127 cm³/mol. The van der Waals surface area contributed by atoms with Gasteiger partial charge in [0.15, 0.2) is 5.78 Å². The molecule has 2 fully saturated rings. The van der Waals surface area contributed by atoms with Crippen molar-refractivity contribution in [3.8, 4) is 0 Å². The number of cyclic esters (lactones) is 1. The van der Waals surface area contributed by atoms with Gasteiger partial charge in [-0.1, -0.05) is 30.2 Å². The minimum absolute atomic E-state index is 0.0179. The predicted octanol–water partition coefficient (Wildman–Crippen LogP) is 3.54. The summed E-state index contributed by atoms with van der Waals surface area (Å²) >= 11 is 0. The molecule has 0 saturated heterocycles. The molecular formula is C28H38O6. The third-order valence-electron chi connectivity index (χ3n) is 11.1. The lowest BCUT2D eigenvalue weighted by atomic mass is 9.44. The molecule has 0 aromatic heterocycles. The van der Waals surface area contributed by atoms with Crippen molar-refractivity contribution in [2.24, 2.45) is 22.7 Å². The molecule has 186 valence electrons. The van der Waals surface area contributed by atoms with Crippen molar-refractivity contribution in [2.75, 3.05) is 0 Å². The maximum absolute atomic E-state index is 13.1. The second-order valence-corrected chi connectivity index (χ2v) is 12.2. The Morgan fingerprint density at radius 1 is 1.09 bits per heavy atom. The normalized spacial score (nSPS) is 47.9. The first kappa shape index (κ1) is 24.0. The summed E-state index contributed by atoms with van der Waals surface area (Å²) in [6.45, 7) is 9.01. The number of carbonyl (C=O) groups is 2. The van der Waals surface area contributed by atoms with E-state index in [0.717, 1.165) is 17.6 Å². The Balaban J connectivity index is 1.53. The molecule has 1 heterocycles. The molecule has 0 unspecified atom stereocenters. The van der Waals surface area contributed by atoms with Crippen LogP contribution in [0.25, 0.3) is 0 Å². The SMILES string of the molecule is CC1=C(C)C(=O)O[C@@H]([C@](C)(O)[C@@]2(O)CC[C@]3(O)[C@@H]4CC=C5CC=CC(=O)[C@]5(C)[C@H]4CC[C@]23C)C1. The van der Waals surface area contributed by atoms with Crippen LogP contribution in [0, 0.1) is 22.7 Å². The van der Waals surface area contributed by atoms with Gasteiger partial charge in [-0.3, -0.25) is 4.79 Å². The lowest BCUT2D eigenvalue weighted by molar-refractivity contribution is -0.279. The number of ether oxygens (including phenoxy) is 1. The summed E-state index contributed by atoms with van der Waals surface area (Å²) in [5.74, 6) is -0.589. The Morgan fingerprint density at radius 3 is 2.47 bits per heavy atom. The number of allylic oxidation sites excluding steroid dienone is 4. The molecule has 4 aliphatic carbocycles. The summed E-state index contributed by atoms with van der Waals surface area (Å²) in [5.41, 5.74) is -3.78. The van der Waals surface area contributed by atoms with Gasteiger partial charge in [-0.05, 0) is 84.1 Å². The fourth-order valence-electron chi connectivity index (χ4n) is 8.41. The molecule has 0 amide bonds. The molecular weight excluding hydrogens is 432 g/mol. The van der Waals surface area contributed by atoms with E-state index >= 15 is 0 Å². The number of esters is 1. The summed E-state index contributed by atoms with van der Waals surface area (Å²) in [4.78, 5) is 25.5. The second-order valence-electron chi connectivity index (χ2n) is 12.2. The molecule has 1 aliphatic heterocycles. The van der Waals surface area contributed by atoms with E-state index in [0.29, 0.717) is 37.7 Å². The molecule has 0 aromatic rings. The number of rotatable bonds is 2. The number of hydrogen-bond acceptors (Lipinski definition) is 6. The monoisotopic (exact) mass is 470 g/mol. The summed E-state index contributed by atoms with van der Waals surface area (Å²) in [7, 11) is 0. The van der Waals surface area contributed by atoms with Gasteiger partial charge in [0.2, 0.25) is 0 Å². The van der Waals surface area contributed by atoms with Crippen LogP contribution in [-0.2, 0) is 14.3 Å². The van der Waals surface area contributed by atoms with Crippen molar-refractivity contribution in [3.05, 3.63) is 34.9 Å². The molecule has 5 aliphatic rings. The minimum Gasteiger partial charge on any atom is -0.455 e. The van der Waals surface area contributed by atoms with E-state index < -0.39 is 39.7 Å². The van der Waals surface area contributed by atoms with Crippen LogP contribution in [0.2, 0.25) is 0 Å². The highest BCUT2D eigenvalue weighted by Crippen LogP contribution is 2.70. The van der Waals surface area contributed by atoms with Crippen LogP contribution in [0.15, 0.2) is 34.9 Å². The Labute approximate surface area is 201 Å². The molecule has 0 bridgehead atoms. The highest BCUT2D eigenvalue weighted by molar-refractivity contribution is 5.98. The van der Waals surface area contributed by atoms with Crippen molar-refractivity contribution >= 4 is 11.8 Å². The van der Waals surface area contributed by atoms with Gasteiger partial charge in [0.1, 0.15) is 17.3 Å². The zero-order valence-electron chi connectivity index (χ0n) is 21.0. The summed E-state index contributed by atoms with van der Waals surface area (Å²) in [6.07, 6.45) is 8.28. The first-order valence-electron chi connectivity index (χ1n) is 12.7. The molecule has 0 aromatic carbocycles. The highest BCUT2D eigenvalue weighted by Gasteiger charge is 2.76. The Kier molecular flexibility index (Phi) is 5.03. The smallest absolute Gasteiger partial charge is 0.334 e. The van der Waals surface area contributed by atoms with Gasteiger partial charge in [0, 0.05) is 17.4 Å². The van der Waals surface area contributed by atoms with Crippen LogP contribution in [-0.4, -0.2) is 50.0 Å². The maximum Gasteiger partial charge on any atom is 0.334 e. The highest BCUT2D eigenvalue weighted by atomic mass is 16.6. The number of fused-ring (bicyclic) bond motifs is 5. The fraction of sp³-hybridized carbons (Fsp3) is 0.714. The summed E-state index contributed by atoms with van der Waals surface area (Å²) in [6, 6.07) is 0. The van der Waals surface area contributed by atoms with E-state index in [1.165, 1.54) is 0 Å². The van der Waals surface area contributed by atoms with Crippen LogP contribution in [0.1, 0.15) is 79.6 Å². The Bertz CT molecular complexity index is 1050. The van der Waals surface area contributed by atoms with Gasteiger partial charge in [-0.15, -0.1) is 0 Å². The van der Waals surface area contributed by atoms with Crippen LogP contribution in [0.5, 0.6) is 0 Å². The summed E-state index contributed by atoms with van der Waals surface area (Å²) in [5, 5.41) is 36.5. The lowest BCUT2D eigenvalue weighted by Crippen LogP contribution is -2.72. The minimum atomic E-state index is -1.75. The average molecular weight is 471 g/mol. The molecule has 0 radical (unpaired) electrons. The third-order valence-corrected chi connectivity index (χ3v) is 11.1. The van der Waals surface area contributed by atoms with Gasteiger partial charge in [-0.2, -0.15) is 0 Å². The zero-order chi connectivity index (χ0) is 24.9. The van der Waals surface area contributed by atoms with Crippen LogP contribution >= 0.6 is 0 Å². The van der Waals surface area contributed by atoms with Crippen LogP contribution in [0.4, 0.5) is 0 Å². The van der Waals surface area contributed by atoms with E-state index in [1.807, 2.05) is 26.8 Å². The molecule has 6 heteroatoms. The second kappa shape index (κ2) is 7.14.